The third-order valence-electron chi connectivity index (χ3n) is 4.51. The molecule has 1 saturated heterocycles. The van der Waals surface area contributed by atoms with Crippen molar-refractivity contribution in [1.29, 1.82) is 0 Å². The van der Waals surface area contributed by atoms with Gasteiger partial charge >= 0.3 is 0 Å². The van der Waals surface area contributed by atoms with E-state index in [1.165, 1.54) is 58.2 Å². The Morgan fingerprint density at radius 2 is 1.59 bits per heavy atom. The number of methoxy groups -OCH3 is 1. The van der Waals surface area contributed by atoms with Gasteiger partial charge in [-0.3, -0.25) is 0 Å². The largest absolute Gasteiger partial charge is 0.381 e. The highest BCUT2D eigenvalue weighted by atomic mass is 16.5. The topological polar surface area (TPSA) is 24.5 Å². The molecular formula is C14H28N2O. The van der Waals surface area contributed by atoms with Crippen molar-refractivity contribution in [3.05, 3.63) is 0 Å². The second kappa shape index (κ2) is 6.72. The van der Waals surface area contributed by atoms with Crippen molar-refractivity contribution in [3.63, 3.8) is 0 Å². The number of ether oxygens (including phenoxy) is 1. The van der Waals surface area contributed by atoms with Crippen molar-refractivity contribution in [2.45, 2.75) is 63.6 Å². The average molecular weight is 240 g/mol. The van der Waals surface area contributed by atoms with E-state index in [2.05, 4.69) is 17.1 Å². The molecule has 0 amide bonds. The van der Waals surface area contributed by atoms with Crippen LogP contribution >= 0.6 is 0 Å². The van der Waals surface area contributed by atoms with E-state index < -0.39 is 0 Å². The van der Waals surface area contributed by atoms with Gasteiger partial charge in [0.1, 0.15) is 0 Å². The minimum atomic E-state index is 0.523. The Morgan fingerprint density at radius 1 is 1.00 bits per heavy atom. The summed E-state index contributed by atoms with van der Waals surface area (Å²) in [4.78, 5) is 2.56. The van der Waals surface area contributed by atoms with Gasteiger partial charge in [-0.05, 0) is 58.2 Å². The summed E-state index contributed by atoms with van der Waals surface area (Å²) < 4.78 is 5.42. The zero-order valence-electron chi connectivity index (χ0n) is 11.5. The number of piperidine rings is 1. The Bertz CT molecular complexity index is 184. The van der Waals surface area contributed by atoms with Crippen molar-refractivity contribution in [2.75, 3.05) is 26.7 Å². The summed E-state index contributed by atoms with van der Waals surface area (Å²) in [5, 5.41) is 3.86. The summed E-state index contributed by atoms with van der Waals surface area (Å²) in [5.74, 6) is 0. The molecule has 2 fully saturated rings. The molecular weight excluding hydrogens is 212 g/mol. The van der Waals surface area contributed by atoms with Crippen LogP contribution < -0.4 is 5.32 Å². The molecule has 17 heavy (non-hydrogen) atoms. The van der Waals surface area contributed by atoms with Crippen molar-refractivity contribution >= 4 is 0 Å². The highest BCUT2D eigenvalue weighted by Crippen LogP contribution is 2.22. The van der Waals surface area contributed by atoms with Gasteiger partial charge in [-0.2, -0.15) is 0 Å². The minimum Gasteiger partial charge on any atom is -0.381 e. The number of hydrogen-bond acceptors (Lipinski definition) is 3. The Balaban J connectivity index is 1.65. The maximum atomic E-state index is 5.42. The van der Waals surface area contributed by atoms with Crippen molar-refractivity contribution in [3.8, 4) is 0 Å². The molecule has 0 spiro atoms. The van der Waals surface area contributed by atoms with E-state index in [-0.39, 0.29) is 0 Å². The third-order valence-corrected chi connectivity index (χ3v) is 4.51. The fourth-order valence-electron chi connectivity index (χ4n) is 3.21. The zero-order chi connectivity index (χ0) is 12.1. The second-order valence-electron chi connectivity index (χ2n) is 5.58. The summed E-state index contributed by atoms with van der Waals surface area (Å²) in [6.45, 7) is 6.04. The monoisotopic (exact) mass is 240 g/mol. The van der Waals surface area contributed by atoms with Gasteiger partial charge in [0.05, 0.1) is 6.10 Å². The van der Waals surface area contributed by atoms with E-state index in [0.717, 1.165) is 12.1 Å². The smallest absolute Gasteiger partial charge is 0.0572 e. The summed E-state index contributed by atoms with van der Waals surface area (Å²) in [6.07, 6.45) is 8.26. The minimum absolute atomic E-state index is 0.523. The second-order valence-corrected chi connectivity index (χ2v) is 5.58. The lowest BCUT2D eigenvalue weighted by molar-refractivity contribution is 0.0594. The SMILES string of the molecule is CCN1CCC(NC2CCC(OC)CC2)CC1. The molecule has 1 N–H and O–H groups in total. The fraction of sp³-hybridized carbons (Fsp3) is 1.00. The van der Waals surface area contributed by atoms with E-state index in [9.17, 15) is 0 Å². The molecule has 3 heteroatoms. The van der Waals surface area contributed by atoms with E-state index in [0.29, 0.717) is 6.10 Å². The van der Waals surface area contributed by atoms with Crippen LogP contribution in [0.25, 0.3) is 0 Å². The first-order valence-electron chi connectivity index (χ1n) is 7.33. The summed E-state index contributed by atoms with van der Waals surface area (Å²) in [7, 11) is 1.85. The number of rotatable bonds is 4. The van der Waals surface area contributed by atoms with Crippen LogP contribution in [0.3, 0.4) is 0 Å². The summed E-state index contributed by atoms with van der Waals surface area (Å²) in [6, 6.07) is 1.52. The molecule has 1 aliphatic heterocycles. The molecule has 1 aliphatic carbocycles. The molecule has 0 radical (unpaired) electrons. The standard InChI is InChI=1S/C14H28N2O/c1-3-16-10-8-13(9-11-16)15-12-4-6-14(17-2)7-5-12/h12-15H,3-11H2,1-2H3. The van der Waals surface area contributed by atoms with Crippen LogP contribution in [0, 0.1) is 0 Å². The van der Waals surface area contributed by atoms with Gasteiger partial charge in [-0.1, -0.05) is 6.92 Å². The van der Waals surface area contributed by atoms with Crippen LogP contribution in [-0.2, 0) is 4.74 Å². The Kier molecular flexibility index (Phi) is 5.26. The van der Waals surface area contributed by atoms with Gasteiger partial charge in [0.15, 0.2) is 0 Å². The molecule has 0 aromatic rings. The third kappa shape index (κ3) is 3.94. The Hall–Kier alpha value is -0.120. The van der Waals surface area contributed by atoms with Crippen LogP contribution in [0.1, 0.15) is 45.4 Å². The van der Waals surface area contributed by atoms with E-state index in [1.54, 1.807) is 0 Å². The van der Waals surface area contributed by atoms with E-state index in [4.69, 9.17) is 4.74 Å². The van der Waals surface area contributed by atoms with Crippen LogP contribution in [0.15, 0.2) is 0 Å². The summed E-state index contributed by atoms with van der Waals surface area (Å²) >= 11 is 0. The molecule has 2 aliphatic rings. The number of likely N-dealkylation sites (tertiary alicyclic amines) is 1. The quantitative estimate of drug-likeness (QED) is 0.813. The number of hydrogen-bond donors (Lipinski definition) is 1. The van der Waals surface area contributed by atoms with Crippen LogP contribution in [0.4, 0.5) is 0 Å². The molecule has 1 saturated carbocycles. The van der Waals surface area contributed by atoms with Gasteiger partial charge < -0.3 is 15.0 Å². The van der Waals surface area contributed by atoms with Crippen molar-refractivity contribution in [1.82, 2.24) is 10.2 Å². The first-order chi connectivity index (χ1) is 8.31. The fourth-order valence-corrected chi connectivity index (χ4v) is 3.21. The zero-order valence-corrected chi connectivity index (χ0v) is 11.5. The number of nitrogens with zero attached hydrogens (tertiary/aromatic N) is 1. The summed E-state index contributed by atoms with van der Waals surface area (Å²) in [5.41, 5.74) is 0. The first-order valence-corrected chi connectivity index (χ1v) is 7.33. The predicted molar refractivity (Wildman–Crippen MR) is 71.3 cm³/mol. The molecule has 0 aromatic carbocycles. The van der Waals surface area contributed by atoms with Gasteiger partial charge in [0.2, 0.25) is 0 Å². The van der Waals surface area contributed by atoms with Crippen LogP contribution in [-0.4, -0.2) is 49.8 Å². The maximum absolute atomic E-state index is 5.42. The predicted octanol–water partition coefficient (Wildman–Crippen LogP) is 2.02. The lowest BCUT2D eigenvalue weighted by atomic mass is 9.91. The van der Waals surface area contributed by atoms with Crippen LogP contribution in [0.2, 0.25) is 0 Å². The molecule has 2 rings (SSSR count). The lowest BCUT2D eigenvalue weighted by Gasteiger charge is -2.36. The van der Waals surface area contributed by atoms with Gasteiger partial charge in [0, 0.05) is 19.2 Å². The lowest BCUT2D eigenvalue weighted by Crippen LogP contribution is -2.47. The molecule has 3 nitrogen and oxygen atoms in total. The van der Waals surface area contributed by atoms with Crippen molar-refractivity contribution < 1.29 is 4.74 Å². The molecule has 0 bridgehead atoms. The van der Waals surface area contributed by atoms with Gasteiger partial charge in [0.25, 0.3) is 0 Å². The molecule has 1 heterocycles. The molecule has 0 unspecified atom stereocenters. The van der Waals surface area contributed by atoms with Crippen LogP contribution in [0.5, 0.6) is 0 Å². The molecule has 100 valence electrons. The average Bonchev–Trinajstić information content (AvgIpc) is 2.40. The Morgan fingerprint density at radius 3 is 2.12 bits per heavy atom. The van der Waals surface area contributed by atoms with Gasteiger partial charge in [-0.25, -0.2) is 0 Å². The van der Waals surface area contributed by atoms with E-state index >= 15 is 0 Å². The number of nitrogens with one attached hydrogen (secondary N) is 1. The highest BCUT2D eigenvalue weighted by Gasteiger charge is 2.24. The normalized spacial score (nSPS) is 32.8. The van der Waals surface area contributed by atoms with E-state index in [1.807, 2.05) is 7.11 Å². The first kappa shape index (κ1) is 13.3. The maximum Gasteiger partial charge on any atom is 0.0572 e. The highest BCUT2D eigenvalue weighted by molar-refractivity contribution is 4.83. The molecule has 0 aromatic heterocycles. The van der Waals surface area contributed by atoms with Gasteiger partial charge in [-0.15, -0.1) is 0 Å². The molecule has 0 atom stereocenters. The van der Waals surface area contributed by atoms with Crippen molar-refractivity contribution in [2.24, 2.45) is 0 Å². The Labute approximate surface area is 106 Å².